The molecule has 1 fully saturated rings. The van der Waals surface area contributed by atoms with Gasteiger partial charge in [-0.3, -0.25) is 9.69 Å². The third-order valence-corrected chi connectivity index (χ3v) is 6.93. The van der Waals surface area contributed by atoms with Crippen LogP contribution in [0.5, 0.6) is 0 Å². The minimum absolute atomic E-state index is 0.0159. The predicted molar refractivity (Wildman–Crippen MR) is 124 cm³/mol. The maximum absolute atomic E-state index is 14.2. The molecule has 0 bridgehead atoms. The van der Waals surface area contributed by atoms with Gasteiger partial charge in [0.05, 0.1) is 29.1 Å². The average Bonchev–Trinajstić information content (AvgIpc) is 3.10. The highest BCUT2D eigenvalue weighted by molar-refractivity contribution is 7.21. The summed E-state index contributed by atoms with van der Waals surface area (Å²) in [5, 5.41) is 3.22. The van der Waals surface area contributed by atoms with E-state index in [2.05, 4.69) is 17.1 Å². The summed E-state index contributed by atoms with van der Waals surface area (Å²) in [4.78, 5) is 33.1. The number of halogens is 2. The number of carbonyl (C=O) groups is 2. The lowest BCUT2D eigenvalue weighted by Crippen LogP contribution is -2.33. The Kier molecular flexibility index (Phi) is 6.74. The molecule has 1 aliphatic rings. The number of ether oxygens (including phenoxy) is 1. The molecular weight excluding hydrogens is 453 g/mol. The van der Waals surface area contributed by atoms with E-state index < -0.39 is 17.7 Å². The molecule has 1 aliphatic heterocycles. The van der Waals surface area contributed by atoms with E-state index in [1.807, 2.05) is 12.1 Å². The summed E-state index contributed by atoms with van der Waals surface area (Å²) in [6.45, 7) is 5.04. The highest BCUT2D eigenvalue weighted by Gasteiger charge is 2.25. The van der Waals surface area contributed by atoms with Gasteiger partial charge in [-0.2, -0.15) is 0 Å². The molecule has 3 heterocycles. The van der Waals surface area contributed by atoms with Gasteiger partial charge in [0.15, 0.2) is 0 Å². The first kappa shape index (κ1) is 22.6. The summed E-state index contributed by atoms with van der Waals surface area (Å²) in [5.41, 5.74) is 0.847. The summed E-state index contributed by atoms with van der Waals surface area (Å²) in [5.74, 6) is -1.43. The van der Waals surface area contributed by atoms with Crippen molar-refractivity contribution in [2.24, 2.45) is 5.92 Å². The van der Waals surface area contributed by atoms with Crippen molar-refractivity contribution in [2.75, 3.05) is 25.5 Å². The number of amides is 1. The van der Waals surface area contributed by atoms with E-state index in [1.165, 1.54) is 32.1 Å². The number of likely N-dealkylation sites (tertiary alicyclic amines) is 1. The molecule has 6 nitrogen and oxygen atoms in total. The van der Waals surface area contributed by atoms with Crippen LogP contribution < -0.4 is 5.32 Å². The number of anilines is 1. The Hall–Kier alpha value is -2.55. The fourth-order valence-electron chi connectivity index (χ4n) is 4.02. The maximum atomic E-state index is 14.2. The number of benzene rings is 1. The van der Waals surface area contributed by atoms with Gasteiger partial charge < -0.3 is 10.1 Å². The van der Waals surface area contributed by atoms with Crippen molar-refractivity contribution in [3.63, 3.8) is 0 Å². The minimum atomic E-state index is -0.746. The SMILES string of the molecule is COC(=O)c1sc2nc(CN3CCCC(C)C3)ccc2c1NC(=O)c1c(F)cccc1Cl. The quantitative estimate of drug-likeness (QED) is 0.503. The Bertz CT molecular complexity index is 1160. The van der Waals surface area contributed by atoms with Gasteiger partial charge in [-0.1, -0.05) is 24.6 Å². The van der Waals surface area contributed by atoms with Crippen molar-refractivity contribution in [3.8, 4) is 0 Å². The van der Waals surface area contributed by atoms with E-state index >= 15 is 0 Å². The first-order valence-corrected chi connectivity index (χ1v) is 11.5. The second-order valence-electron chi connectivity index (χ2n) is 7.99. The Labute approximate surface area is 194 Å². The summed E-state index contributed by atoms with van der Waals surface area (Å²) < 4.78 is 19.1. The van der Waals surface area contributed by atoms with E-state index in [9.17, 15) is 14.0 Å². The number of aromatic nitrogens is 1. The number of methoxy groups -OCH3 is 1. The molecule has 4 rings (SSSR count). The normalized spacial score (nSPS) is 16.8. The predicted octanol–water partition coefficient (Wildman–Crippen LogP) is 5.36. The number of fused-ring (bicyclic) bond motifs is 1. The van der Waals surface area contributed by atoms with E-state index in [1.54, 1.807) is 0 Å². The number of nitrogens with one attached hydrogen (secondary N) is 1. The van der Waals surface area contributed by atoms with E-state index in [0.29, 0.717) is 16.1 Å². The van der Waals surface area contributed by atoms with Crippen molar-refractivity contribution in [1.82, 2.24) is 9.88 Å². The molecule has 0 aliphatic carbocycles. The van der Waals surface area contributed by atoms with Crippen molar-refractivity contribution in [3.05, 3.63) is 57.3 Å². The second kappa shape index (κ2) is 9.52. The lowest BCUT2D eigenvalue weighted by Gasteiger charge is -2.30. The molecule has 1 atom stereocenters. The summed E-state index contributed by atoms with van der Waals surface area (Å²) in [6, 6.07) is 7.72. The summed E-state index contributed by atoms with van der Waals surface area (Å²) >= 11 is 7.16. The molecule has 2 aromatic heterocycles. The summed E-state index contributed by atoms with van der Waals surface area (Å²) in [7, 11) is 1.27. The van der Waals surface area contributed by atoms with Crippen LogP contribution >= 0.6 is 22.9 Å². The van der Waals surface area contributed by atoms with Crippen LogP contribution in [0.2, 0.25) is 5.02 Å². The molecular formula is C23H23ClFN3O3S. The lowest BCUT2D eigenvalue weighted by atomic mass is 10.0. The fourth-order valence-corrected chi connectivity index (χ4v) is 5.33. The topological polar surface area (TPSA) is 71.5 Å². The molecule has 0 radical (unpaired) electrons. The van der Waals surface area contributed by atoms with Crippen LogP contribution in [0.4, 0.5) is 10.1 Å². The van der Waals surface area contributed by atoms with Gasteiger partial charge in [-0.05, 0) is 49.6 Å². The number of rotatable bonds is 5. The molecule has 1 saturated heterocycles. The monoisotopic (exact) mass is 475 g/mol. The molecule has 1 unspecified atom stereocenters. The van der Waals surface area contributed by atoms with Crippen LogP contribution in [0, 0.1) is 11.7 Å². The van der Waals surface area contributed by atoms with Gasteiger partial charge in [-0.15, -0.1) is 11.3 Å². The average molecular weight is 476 g/mol. The lowest BCUT2D eigenvalue weighted by molar-refractivity contribution is 0.0607. The van der Waals surface area contributed by atoms with Gasteiger partial charge in [0, 0.05) is 18.5 Å². The number of nitrogens with zero attached hydrogens (tertiary/aromatic N) is 2. The highest BCUT2D eigenvalue weighted by Crippen LogP contribution is 2.36. The molecule has 9 heteroatoms. The molecule has 1 amide bonds. The third-order valence-electron chi connectivity index (χ3n) is 5.54. The van der Waals surface area contributed by atoms with Crippen molar-refractivity contribution in [1.29, 1.82) is 0 Å². The van der Waals surface area contributed by atoms with Gasteiger partial charge in [0.1, 0.15) is 15.5 Å². The number of carbonyl (C=O) groups excluding carboxylic acids is 2. The largest absolute Gasteiger partial charge is 0.465 e. The zero-order valence-electron chi connectivity index (χ0n) is 17.8. The number of hydrogen-bond acceptors (Lipinski definition) is 6. The Balaban J connectivity index is 1.67. The Morgan fingerprint density at radius 3 is 2.88 bits per heavy atom. The maximum Gasteiger partial charge on any atom is 0.350 e. The first-order chi connectivity index (χ1) is 15.4. The fraction of sp³-hybridized carbons (Fsp3) is 0.348. The van der Waals surface area contributed by atoms with Crippen LogP contribution in [0.1, 0.15) is 45.5 Å². The molecule has 0 spiro atoms. The minimum Gasteiger partial charge on any atom is -0.465 e. The summed E-state index contributed by atoms with van der Waals surface area (Å²) in [6.07, 6.45) is 2.41. The van der Waals surface area contributed by atoms with E-state index in [0.717, 1.165) is 42.7 Å². The first-order valence-electron chi connectivity index (χ1n) is 10.4. The van der Waals surface area contributed by atoms with Crippen molar-refractivity contribution >= 4 is 50.7 Å². The zero-order chi connectivity index (χ0) is 22.8. The Morgan fingerprint density at radius 1 is 1.34 bits per heavy atom. The van der Waals surface area contributed by atoms with Crippen LogP contribution in [-0.2, 0) is 11.3 Å². The number of hydrogen-bond donors (Lipinski definition) is 1. The number of pyridine rings is 1. The molecule has 168 valence electrons. The van der Waals surface area contributed by atoms with Crippen molar-refractivity contribution in [2.45, 2.75) is 26.3 Å². The Morgan fingerprint density at radius 2 is 2.16 bits per heavy atom. The van der Waals surface area contributed by atoms with E-state index in [-0.39, 0.29) is 21.2 Å². The second-order valence-corrected chi connectivity index (χ2v) is 9.39. The van der Waals surface area contributed by atoms with Gasteiger partial charge in [0.2, 0.25) is 0 Å². The van der Waals surface area contributed by atoms with Crippen LogP contribution in [-0.4, -0.2) is 42.0 Å². The van der Waals surface area contributed by atoms with Crippen LogP contribution in [0.15, 0.2) is 30.3 Å². The van der Waals surface area contributed by atoms with Gasteiger partial charge in [0.25, 0.3) is 5.91 Å². The zero-order valence-corrected chi connectivity index (χ0v) is 19.4. The molecule has 0 saturated carbocycles. The van der Waals surface area contributed by atoms with Crippen molar-refractivity contribution < 1.29 is 18.7 Å². The number of thiophene rings is 1. The van der Waals surface area contributed by atoms with Gasteiger partial charge >= 0.3 is 5.97 Å². The smallest absolute Gasteiger partial charge is 0.350 e. The number of esters is 1. The van der Waals surface area contributed by atoms with Gasteiger partial charge in [-0.25, -0.2) is 14.2 Å². The standard InChI is InChI=1S/C23H23ClFN3O3S/c1-13-5-4-10-28(11-13)12-14-8-9-15-19(20(23(30)31-2)32-22(15)26-14)27-21(29)18-16(24)6-3-7-17(18)25/h3,6-9,13H,4-5,10-12H2,1-2H3,(H,27,29). The molecule has 32 heavy (non-hydrogen) atoms. The number of piperidine rings is 1. The van der Waals surface area contributed by atoms with E-state index in [4.69, 9.17) is 21.3 Å². The highest BCUT2D eigenvalue weighted by atomic mass is 35.5. The van der Waals surface area contributed by atoms with Crippen LogP contribution in [0.3, 0.4) is 0 Å². The molecule has 3 aromatic rings. The molecule has 1 N–H and O–H groups in total. The van der Waals surface area contributed by atoms with Crippen LogP contribution in [0.25, 0.3) is 10.2 Å². The third kappa shape index (κ3) is 4.62. The molecule has 1 aromatic carbocycles.